The third-order valence-electron chi connectivity index (χ3n) is 7.61. The number of hydrogen-bond donors (Lipinski definition) is 2. The van der Waals surface area contributed by atoms with Crippen LogP contribution in [0, 0.1) is 0 Å². The number of fused-ring (bicyclic) bond motifs is 2. The molecule has 2 amide bonds. The minimum atomic E-state index is -0.574. The van der Waals surface area contributed by atoms with Crippen molar-refractivity contribution in [3.05, 3.63) is 72.2 Å². The number of amides is 2. The molecule has 0 aliphatic heterocycles. The first-order chi connectivity index (χ1) is 22.9. The lowest BCUT2D eigenvalue weighted by Crippen LogP contribution is -2.34. The molecule has 0 unspecified atom stereocenters. The van der Waals surface area contributed by atoms with Crippen LogP contribution in [0.4, 0.5) is 22.1 Å². The van der Waals surface area contributed by atoms with Crippen LogP contribution in [0.3, 0.4) is 0 Å². The molecule has 2 aromatic carbocycles. The fourth-order valence-corrected chi connectivity index (χ4v) is 5.11. The average molecular weight is 642 g/mol. The summed E-state index contributed by atoms with van der Waals surface area (Å²) in [5.74, 6) is 0.778. The molecule has 246 valence electrons. The van der Waals surface area contributed by atoms with Gasteiger partial charge in [-0.15, -0.1) is 0 Å². The van der Waals surface area contributed by atoms with Crippen molar-refractivity contribution in [1.82, 2.24) is 19.7 Å². The van der Waals surface area contributed by atoms with E-state index >= 15 is 0 Å². The number of aromatic nitrogens is 4. The van der Waals surface area contributed by atoms with Crippen LogP contribution < -0.4 is 15.5 Å². The molecule has 0 radical (unpaired) electrons. The molecule has 0 saturated heterocycles. The van der Waals surface area contributed by atoms with Gasteiger partial charge in [-0.3, -0.25) is 19.8 Å². The van der Waals surface area contributed by atoms with Gasteiger partial charge in [-0.05, 0) is 61.9 Å². The summed E-state index contributed by atoms with van der Waals surface area (Å²) in [4.78, 5) is 48.6. The minimum absolute atomic E-state index is 0.0409. The van der Waals surface area contributed by atoms with E-state index in [9.17, 15) is 14.4 Å². The molecule has 0 aliphatic rings. The summed E-state index contributed by atoms with van der Waals surface area (Å²) in [5, 5.41) is 10.7. The Morgan fingerprint density at radius 1 is 1.00 bits per heavy atom. The molecular formula is C34H39N7O6. The number of unbranched alkanes of at least 4 members (excludes halogenated alkanes) is 3. The zero-order valence-electron chi connectivity index (χ0n) is 26.8. The molecular weight excluding hydrogens is 602 g/mol. The highest BCUT2D eigenvalue weighted by atomic mass is 16.5. The van der Waals surface area contributed by atoms with Gasteiger partial charge in [0, 0.05) is 31.0 Å². The third-order valence-corrected chi connectivity index (χ3v) is 7.61. The van der Waals surface area contributed by atoms with Crippen molar-refractivity contribution in [2.75, 3.05) is 35.3 Å². The highest BCUT2D eigenvalue weighted by molar-refractivity contribution is 6.07. The molecule has 2 N–H and O–H groups in total. The Kier molecular flexibility index (Phi) is 11.0. The lowest BCUT2D eigenvalue weighted by Gasteiger charge is -2.21. The van der Waals surface area contributed by atoms with Gasteiger partial charge in [-0.2, -0.15) is 0 Å². The van der Waals surface area contributed by atoms with Crippen molar-refractivity contribution in [3.8, 4) is 0 Å². The monoisotopic (exact) mass is 641 g/mol. The van der Waals surface area contributed by atoms with Gasteiger partial charge < -0.3 is 23.9 Å². The predicted molar refractivity (Wildman–Crippen MR) is 178 cm³/mol. The number of nitrogens with one attached hydrogen (secondary N) is 2. The van der Waals surface area contributed by atoms with Crippen LogP contribution >= 0.6 is 0 Å². The topological polar surface area (TPSA) is 154 Å². The Morgan fingerprint density at radius 3 is 2.66 bits per heavy atom. The van der Waals surface area contributed by atoms with Crippen LogP contribution in [0.5, 0.6) is 0 Å². The van der Waals surface area contributed by atoms with E-state index < -0.39 is 6.09 Å². The van der Waals surface area contributed by atoms with Crippen LogP contribution in [0.15, 0.2) is 65.3 Å². The Hall–Kier alpha value is -5.46. The highest BCUT2D eigenvalue weighted by Gasteiger charge is 2.22. The molecule has 3 heterocycles. The second-order valence-electron chi connectivity index (χ2n) is 10.9. The molecule has 3 aromatic heterocycles. The van der Waals surface area contributed by atoms with Crippen LogP contribution in [0.1, 0.15) is 62.1 Å². The third kappa shape index (κ3) is 8.23. The zero-order valence-corrected chi connectivity index (χ0v) is 26.8. The number of pyridine rings is 1. The molecule has 0 aliphatic carbocycles. The van der Waals surface area contributed by atoms with Gasteiger partial charge in [0.15, 0.2) is 11.4 Å². The van der Waals surface area contributed by atoms with E-state index in [2.05, 4.69) is 27.7 Å². The number of ether oxygens (including phenoxy) is 2. The average Bonchev–Trinajstić information content (AvgIpc) is 3.63. The summed E-state index contributed by atoms with van der Waals surface area (Å²) in [7, 11) is 1.91. The van der Waals surface area contributed by atoms with E-state index in [1.165, 1.54) is 4.90 Å². The molecule has 0 bridgehead atoms. The maximum atomic E-state index is 13.7. The van der Waals surface area contributed by atoms with Gasteiger partial charge in [0.1, 0.15) is 11.6 Å². The van der Waals surface area contributed by atoms with Crippen molar-refractivity contribution >= 4 is 57.3 Å². The number of anilines is 3. The van der Waals surface area contributed by atoms with E-state index in [0.717, 1.165) is 42.7 Å². The molecule has 0 atom stereocenters. The van der Waals surface area contributed by atoms with Crippen LogP contribution in [0.25, 0.3) is 22.0 Å². The van der Waals surface area contributed by atoms with E-state index in [1.807, 2.05) is 29.8 Å². The summed E-state index contributed by atoms with van der Waals surface area (Å²) in [6, 6.07) is 16.1. The molecule has 0 fully saturated rings. The number of imidazole rings is 1. The van der Waals surface area contributed by atoms with Crippen LogP contribution in [0.2, 0.25) is 0 Å². The number of carbonyl (C=O) groups is 3. The first-order valence-electron chi connectivity index (χ1n) is 15.8. The summed E-state index contributed by atoms with van der Waals surface area (Å²) in [6.07, 6.45) is 5.11. The Bertz CT molecular complexity index is 1840. The zero-order chi connectivity index (χ0) is 33.2. The van der Waals surface area contributed by atoms with Gasteiger partial charge in [0.05, 0.1) is 42.6 Å². The van der Waals surface area contributed by atoms with Crippen molar-refractivity contribution in [2.24, 2.45) is 7.05 Å². The quantitative estimate of drug-likeness (QED) is 0.0963. The van der Waals surface area contributed by atoms with Gasteiger partial charge in [0.2, 0.25) is 0 Å². The number of rotatable bonds is 15. The lowest BCUT2D eigenvalue weighted by atomic mass is 10.1. The SMILES string of the molecule is CCCCCCOC(=O)Nc1noc2ccc(NCc3nc4cc(C(=O)N(CCC(=O)OCC)c5ccccn5)ccc4n3C)cc12. The van der Waals surface area contributed by atoms with Gasteiger partial charge in [0.25, 0.3) is 5.91 Å². The van der Waals surface area contributed by atoms with E-state index in [1.54, 1.807) is 49.5 Å². The fourth-order valence-electron chi connectivity index (χ4n) is 5.11. The largest absolute Gasteiger partial charge is 0.466 e. The first-order valence-corrected chi connectivity index (χ1v) is 15.8. The number of benzene rings is 2. The minimum Gasteiger partial charge on any atom is -0.466 e. The van der Waals surface area contributed by atoms with Crippen molar-refractivity contribution < 1.29 is 28.4 Å². The normalized spacial score (nSPS) is 11.0. The summed E-state index contributed by atoms with van der Waals surface area (Å²) in [6.45, 7) is 4.99. The number of carbonyl (C=O) groups excluding carboxylic acids is 3. The summed E-state index contributed by atoms with van der Waals surface area (Å²) >= 11 is 0. The number of nitrogens with zero attached hydrogens (tertiary/aromatic N) is 5. The van der Waals surface area contributed by atoms with Gasteiger partial charge >= 0.3 is 12.1 Å². The Labute approximate surface area is 272 Å². The lowest BCUT2D eigenvalue weighted by molar-refractivity contribution is -0.142. The van der Waals surface area contributed by atoms with E-state index in [-0.39, 0.29) is 37.3 Å². The molecule has 5 rings (SSSR count). The van der Waals surface area contributed by atoms with Crippen LogP contribution in [-0.2, 0) is 27.9 Å². The predicted octanol–water partition coefficient (Wildman–Crippen LogP) is 6.45. The molecule has 0 saturated carbocycles. The van der Waals surface area contributed by atoms with Crippen molar-refractivity contribution in [3.63, 3.8) is 0 Å². The molecule has 13 heteroatoms. The molecule has 13 nitrogen and oxygen atoms in total. The second kappa shape index (κ2) is 15.7. The summed E-state index contributed by atoms with van der Waals surface area (Å²) in [5.41, 5.74) is 3.21. The number of esters is 1. The van der Waals surface area contributed by atoms with Crippen molar-refractivity contribution in [1.29, 1.82) is 0 Å². The van der Waals surface area contributed by atoms with Gasteiger partial charge in [-0.1, -0.05) is 37.4 Å². The van der Waals surface area contributed by atoms with Crippen molar-refractivity contribution in [2.45, 2.75) is 52.5 Å². The molecule has 0 spiro atoms. The Balaban J connectivity index is 1.27. The highest BCUT2D eigenvalue weighted by Crippen LogP contribution is 2.27. The maximum Gasteiger partial charge on any atom is 0.412 e. The second-order valence-corrected chi connectivity index (χ2v) is 10.9. The standard InChI is InChI=1S/C34H39N7O6/c1-4-6-7-10-19-46-34(44)38-32-25-21-24(13-15-28(25)47-39-32)36-22-30-37-26-20-23(12-14-27(26)40(30)3)33(43)41(18-16-31(42)45-5-2)29-11-8-9-17-35-29/h8-9,11-15,17,20-21,36H,4-7,10,16,18-19,22H2,1-3H3,(H,38,39,44). The van der Waals surface area contributed by atoms with E-state index in [4.69, 9.17) is 19.0 Å². The fraction of sp³-hybridized carbons (Fsp3) is 0.353. The smallest absolute Gasteiger partial charge is 0.412 e. The van der Waals surface area contributed by atoms with E-state index in [0.29, 0.717) is 41.0 Å². The molecule has 47 heavy (non-hydrogen) atoms. The van der Waals surface area contributed by atoms with Crippen LogP contribution in [-0.4, -0.2) is 57.4 Å². The maximum absolute atomic E-state index is 13.7. The first kappa shape index (κ1) is 32.9. The van der Waals surface area contributed by atoms with Gasteiger partial charge in [-0.25, -0.2) is 14.8 Å². The molecule has 5 aromatic rings. The number of hydrogen-bond acceptors (Lipinski definition) is 10. The summed E-state index contributed by atoms with van der Waals surface area (Å²) < 4.78 is 17.7. The Morgan fingerprint density at radius 2 is 1.87 bits per heavy atom. The number of aryl methyl sites for hydroxylation is 1.